The second-order valence-electron chi connectivity index (χ2n) is 6.20. The van der Waals surface area contributed by atoms with E-state index >= 15 is 0 Å². The first kappa shape index (κ1) is 17.8. The van der Waals surface area contributed by atoms with Crippen LogP contribution in [0.2, 0.25) is 0 Å². The van der Waals surface area contributed by atoms with Gasteiger partial charge in [0.05, 0.1) is 12.2 Å². The molecule has 1 aliphatic heterocycles. The Kier molecular flexibility index (Phi) is 5.46. The molecule has 1 aromatic rings. The summed E-state index contributed by atoms with van der Waals surface area (Å²) in [6, 6.07) is 6.20. The van der Waals surface area contributed by atoms with E-state index in [9.17, 15) is 14.4 Å². The van der Waals surface area contributed by atoms with Crippen LogP contribution in [-0.2, 0) is 19.9 Å². The van der Waals surface area contributed by atoms with Crippen molar-refractivity contribution in [2.75, 3.05) is 6.54 Å². The number of aldehydes is 1. The van der Waals surface area contributed by atoms with Crippen LogP contribution in [0.15, 0.2) is 29.3 Å². The van der Waals surface area contributed by atoms with Crippen molar-refractivity contribution in [3.05, 3.63) is 29.8 Å². The minimum absolute atomic E-state index is 0.134. The lowest BCUT2D eigenvalue weighted by Crippen LogP contribution is -2.51. The van der Waals surface area contributed by atoms with E-state index in [2.05, 4.69) is 15.6 Å². The fraction of sp³-hybridized carbons (Fsp3) is 0.412. The first-order valence-corrected chi connectivity index (χ1v) is 7.76. The van der Waals surface area contributed by atoms with Crippen LogP contribution in [-0.4, -0.2) is 42.1 Å². The summed E-state index contributed by atoms with van der Waals surface area (Å²) in [4.78, 5) is 39.1. The molecule has 3 N–H and O–H groups in total. The van der Waals surface area contributed by atoms with Gasteiger partial charge in [-0.05, 0) is 18.4 Å². The fourth-order valence-corrected chi connectivity index (χ4v) is 2.62. The van der Waals surface area contributed by atoms with E-state index in [-0.39, 0.29) is 12.5 Å². The third-order valence-corrected chi connectivity index (χ3v) is 3.82. The Morgan fingerprint density at radius 2 is 2.04 bits per heavy atom. The number of aliphatic carboxylic acids is 1. The van der Waals surface area contributed by atoms with Crippen LogP contribution < -0.4 is 10.6 Å². The number of hydrogen-bond donors (Lipinski definition) is 3. The maximum absolute atomic E-state index is 12.1. The van der Waals surface area contributed by atoms with Gasteiger partial charge in [-0.25, -0.2) is 4.79 Å². The minimum Gasteiger partial charge on any atom is -0.480 e. The zero-order valence-electron chi connectivity index (χ0n) is 13.7. The van der Waals surface area contributed by atoms with Gasteiger partial charge in [-0.15, -0.1) is 0 Å². The number of carboxylic acid groups (broad SMARTS) is 1. The molecule has 0 bridgehead atoms. The van der Waals surface area contributed by atoms with Gasteiger partial charge in [0, 0.05) is 11.8 Å². The Morgan fingerprint density at radius 1 is 1.33 bits per heavy atom. The van der Waals surface area contributed by atoms with Crippen LogP contribution in [0.3, 0.4) is 0 Å². The Morgan fingerprint density at radius 3 is 2.67 bits per heavy atom. The smallest absolute Gasteiger partial charge is 0.326 e. The van der Waals surface area contributed by atoms with Crippen molar-refractivity contribution >= 4 is 30.1 Å². The molecule has 0 saturated heterocycles. The number of nitrogens with zero attached hydrogens (tertiary/aromatic N) is 1. The molecule has 0 fully saturated rings. The van der Waals surface area contributed by atoms with Crippen molar-refractivity contribution in [1.29, 1.82) is 0 Å². The van der Waals surface area contributed by atoms with Crippen LogP contribution in [0.1, 0.15) is 25.8 Å². The molecule has 0 aliphatic carbocycles. The zero-order valence-corrected chi connectivity index (χ0v) is 13.7. The second kappa shape index (κ2) is 7.35. The Bertz CT molecular complexity index is 672. The number of fused-ring (bicyclic) bond motifs is 1. The van der Waals surface area contributed by atoms with E-state index in [0.29, 0.717) is 24.0 Å². The Labute approximate surface area is 140 Å². The predicted molar refractivity (Wildman–Crippen MR) is 89.4 cm³/mol. The van der Waals surface area contributed by atoms with Gasteiger partial charge in [-0.3, -0.25) is 15.1 Å². The van der Waals surface area contributed by atoms with Crippen LogP contribution in [0.5, 0.6) is 0 Å². The lowest BCUT2D eigenvalue weighted by Gasteiger charge is -2.23. The number of carbonyl (C=O) groups excluding carboxylic acids is 2. The van der Waals surface area contributed by atoms with Gasteiger partial charge in [0.1, 0.15) is 17.9 Å². The summed E-state index contributed by atoms with van der Waals surface area (Å²) in [6.07, 6.45) is 2.49. The molecule has 0 radical (unpaired) electrons. The lowest BCUT2D eigenvalue weighted by molar-refractivity contribution is -0.142. The SMILES string of the molecule is CC(C)C[C@@H](NC(=O)CNC1(C=O)C=Nc2ccccc21)C(=O)O. The molecule has 1 aromatic carbocycles. The van der Waals surface area contributed by atoms with Crippen molar-refractivity contribution in [1.82, 2.24) is 10.6 Å². The van der Waals surface area contributed by atoms with Crippen molar-refractivity contribution in [3.8, 4) is 0 Å². The number of carbonyl (C=O) groups is 3. The van der Waals surface area contributed by atoms with Gasteiger partial charge >= 0.3 is 5.97 Å². The van der Waals surface area contributed by atoms with Gasteiger partial charge in [-0.1, -0.05) is 32.0 Å². The predicted octanol–water partition coefficient (Wildman–Crippen LogP) is 1.00. The molecular formula is C17H21N3O4. The van der Waals surface area contributed by atoms with Gasteiger partial charge in [0.15, 0.2) is 0 Å². The summed E-state index contributed by atoms with van der Waals surface area (Å²) in [7, 11) is 0. The summed E-state index contributed by atoms with van der Waals surface area (Å²) < 4.78 is 0. The Hall–Kier alpha value is -2.54. The van der Waals surface area contributed by atoms with Crippen LogP contribution >= 0.6 is 0 Å². The standard InChI is InChI=1S/C17H21N3O4/c1-11(2)7-14(16(23)24)20-15(22)8-19-17(10-21)9-18-13-6-4-3-5-12(13)17/h3-6,9-11,14,19H,7-8H2,1-2H3,(H,20,22)(H,23,24)/t14-,17?/m1/s1. The molecule has 0 saturated carbocycles. The molecule has 7 heteroatoms. The van der Waals surface area contributed by atoms with Crippen molar-refractivity contribution < 1.29 is 19.5 Å². The minimum atomic E-state index is -1.16. The number of benzene rings is 1. The van der Waals surface area contributed by atoms with Crippen LogP contribution in [0.25, 0.3) is 0 Å². The molecule has 1 unspecified atom stereocenters. The van der Waals surface area contributed by atoms with Gasteiger partial charge in [-0.2, -0.15) is 0 Å². The van der Waals surface area contributed by atoms with E-state index in [0.717, 1.165) is 0 Å². The number of aliphatic imine (C=N–C) groups is 1. The molecule has 128 valence electrons. The van der Waals surface area contributed by atoms with E-state index in [1.807, 2.05) is 19.9 Å². The van der Waals surface area contributed by atoms with Crippen molar-refractivity contribution in [3.63, 3.8) is 0 Å². The average Bonchev–Trinajstić information content (AvgIpc) is 2.91. The third kappa shape index (κ3) is 3.86. The molecule has 2 atom stereocenters. The maximum Gasteiger partial charge on any atom is 0.326 e. The fourth-order valence-electron chi connectivity index (χ4n) is 2.62. The number of hydrogen-bond acceptors (Lipinski definition) is 5. The molecular weight excluding hydrogens is 310 g/mol. The first-order chi connectivity index (χ1) is 11.4. The lowest BCUT2D eigenvalue weighted by atomic mass is 9.93. The van der Waals surface area contributed by atoms with Gasteiger partial charge in [0.25, 0.3) is 0 Å². The number of carboxylic acids is 1. The average molecular weight is 331 g/mol. The highest BCUT2D eigenvalue weighted by atomic mass is 16.4. The molecule has 2 rings (SSSR count). The molecule has 24 heavy (non-hydrogen) atoms. The first-order valence-electron chi connectivity index (χ1n) is 7.76. The number of rotatable bonds is 8. The third-order valence-electron chi connectivity index (χ3n) is 3.82. The quantitative estimate of drug-likeness (QED) is 0.616. The highest BCUT2D eigenvalue weighted by molar-refractivity contribution is 6.00. The largest absolute Gasteiger partial charge is 0.480 e. The number of amides is 1. The van der Waals surface area contributed by atoms with E-state index < -0.39 is 23.5 Å². The maximum atomic E-state index is 12.1. The molecule has 7 nitrogen and oxygen atoms in total. The zero-order chi connectivity index (χ0) is 17.7. The van der Waals surface area contributed by atoms with Crippen molar-refractivity contribution in [2.24, 2.45) is 10.9 Å². The molecule has 0 aromatic heterocycles. The molecule has 1 heterocycles. The Balaban J connectivity index is 2.02. The number of para-hydroxylation sites is 1. The summed E-state index contributed by atoms with van der Waals surface area (Å²) in [5.74, 6) is -1.42. The highest BCUT2D eigenvalue weighted by Gasteiger charge is 2.36. The van der Waals surface area contributed by atoms with E-state index in [1.54, 1.807) is 18.2 Å². The molecule has 1 amide bonds. The monoisotopic (exact) mass is 331 g/mol. The number of nitrogens with one attached hydrogen (secondary N) is 2. The van der Waals surface area contributed by atoms with Crippen molar-refractivity contribution in [2.45, 2.75) is 31.8 Å². The van der Waals surface area contributed by atoms with E-state index in [4.69, 9.17) is 5.11 Å². The molecule has 1 aliphatic rings. The van der Waals surface area contributed by atoms with Gasteiger partial charge in [0.2, 0.25) is 5.91 Å². The van der Waals surface area contributed by atoms with Crippen LogP contribution in [0, 0.1) is 5.92 Å². The summed E-state index contributed by atoms with van der Waals surface area (Å²) in [6.45, 7) is 3.57. The normalized spacial score (nSPS) is 19.8. The summed E-state index contributed by atoms with van der Waals surface area (Å²) >= 11 is 0. The molecule has 0 spiro atoms. The second-order valence-corrected chi connectivity index (χ2v) is 6.20. The summed E-state index contributed by atoms with van der Waals surface area (Å²) in [5.41, 5.74) is 0.176. The van der Waals surface area contributed by atoms with Gasteiger partial charge < -0.3 is 15.2 Å². The van der Waals surface area contributed by atoms with Crippen LogP contribution in [0.4, 0.5) is 5.69 Å². The highest BCUT2D eigenvalue weighted by Crippen LogP contribution is 2.33. The van der Waals surface area contributed by atoms with E-state index in [1.165, 1.54) is 6.21 Å². The topological polar surface area (TPSA) is 108 Å². The summed E-state index contributed by atoms with van der Waals surface area (Å²) in [5, 5.41) is 14.5.